The second-order valence-electron chi connectivity index (χ2n) is 7.66. The van der Waals surface area contributed by atoms with E-state index in [0.717, 1.165) is 12.4 Å². The molecule has 0 radical (unpaired) electrons. The van der Waals surface area contributed by atoms with Crippen LogP contribution in [0.25, 0.3) is 0 Å². The fourth-order valence-corrected chi connectivity index (χ4v) is 7.29. The lowest BCUT2D eigenvalue weighted by atomic mass is 10.1. The first kappa shape index (κ1) is 23.5. The summed E-state index contributed by atoms with van der Waals surface area (Å²) in [4.78, 5) is 0. The number of thiol groups is 1. The van der Waals surface area contributed by atoms with Crippen LogP contribution in [0.1, 0.15) is 77.6 Å². The van der Waals surface area contributed by atoms with Crippen LogP contribution in [-0.2, 0) is 9.47 Å². The molecule has 5 heteroatoms. The van der Waals surface area contributed by atoms with Crippen molar-refractivity contribution in [3.8, 4) is 0 Å². The molecular weight excluding hydrogens is 346 g/mol. The van der Waals surface area contributed by atoms with E-state index >= 15 is 0 Å². The van der Waals surface area contributed by atoms with Crippen LogP contribution in [0, 0.1) is 0 Å². The molecule has 0 bridgehead atoms. The van der Waals surface area contributed by atoms with Crippen molar-refractivity contribution < 1.29 is 9.47 Å². The third-order valence-electron chi connectivity index (χ3n) is 5.47. The fourth-order valence-electron chi connectivity index (χ4n) is 3.70. The van der Waals surface area contributed by atoms with Gasteiger partial charge in [-0.3, -0.25) is 0 Å². The van der Waals surface area contributed by atoms with Crippen LogP contribution in [0.3, 0.4) is 0 Å². The zero-order valence-electron chi connectivity index (χ0n) is 16.9. The van der Waals surface area contributed by atoms with Crippen molar-refractivity contribution in [2.45, 2.75) is 95.7 Å². The first-order valence-electron chi connectivity index (χ1n) is 10.8. The van der Waals surface area contributed by atoms with Crippen LogP contribution in [0.5, 0.6) is 0 Å². The van der Waals surface area contributed by atoms with Crippen molar-refractivity contribution in [3.05, 3.63) is 0 Å². The number of unbranched alkanes of at least 4 members (excludes halogenated alkanes) is 6. The molecule has 0 aromatic heterocycles. The minimum absolute atomic E-state index is 0.399. The summed E-state index contributed by atoms with van der Waals surface area (Å²) in [7, 11) is 1.63. The van der Waals surface area contributed by atoms with Crippen molar-refractivity contribution in [3.63, 3.8) is 0 Å². The normalized spacial score (nSPS) is 22.7. The van der Waals surface area contributed by atoms with Gasteiger partial charge in [-0.05, 0) is 57.1 Å². The van der Waals surface area contributed by atoms with E-state index in [2.05, 4.69) is 31.2 Å². The molecule has 0 spiro atoms. The Bertz CT molecular complexity index is 297. The summed E-state index contributed by atoms with van der Waals surface area (Å²) in [6, 6.07) is 2.86. The molecule has 1 aliphatic rings. The highest BCUT2D eigenvalue weighted by molar-refractivity contribution is 7.80. The Kier molecular flexibility index (Phi) is 15.6. The van der Waals surface area contributed by atoms with Gasteiger partial charge < -0.3 is 14.0 Å². The van der Waals surface area contributed by atoms with Gasteiger partial charge in [0.15, 0.2) is 0 Å². The molecule has 0 aromatic rings. The molecule has 150 valence electrons. The fraction of sp³-hybridized carbons (Fsp3) is 1.00. The molecule has 1 fully saturated rings. The van der Waals surface area contributed by atoms with E-state index in [9.17, 15) is 0 Å². The highest BCUT2D eigenvalue weighted by Gasteiger charge is 2.21. The van der Waals surface area contributed by atoms with E-state index in [1.807, 2.05) is 0 Å². The molecule has 1 rings (SSSR count). The van der Waals surface area contributed by atoms with Crippen LogP contribution in [0.2, 0.25) is 12.1 Å². The number of rotatable bonds is 14. The summed E-state index contributed by atoms with van der Waals surface area (Å²) in [5.41, 5.74) is 0. The smallest absolute Gasteiger partial charge is 0.147 e. The van der Waals surface area contributed by atoms with Crippen molar-refractivity contribution in [2.75, 3.05) is 32.7 Å². The van der Waals surface area contributed by atoms with Gasteiger partial charge in [0.05, 0.1) is 6.10 Å². The summed E-state index contributed by atoms with van der Waals surface area (Å²) in [6.07, 6.45) is 14.8. The summed E-state index contributed by atoms with van der Waals surface area (Å²) in [5.74, 6) is 1.04. The van der Waals surface area contributed by atoms with Gasteiger partial charge in [-0.25, -0.2) is 0 Å². The van der Waals surface area contributed by atoms with Gasteiger partial charge in [0.2, 0.25) is 0 Å². The van der Waals surface area contributed by atoms with Gasteiger partial charge in [0, 0.05) is 6.61 Å². The number of nitrogens with zero attached hydrogens (tertiary/aromatic N) is 1. The SMILES string of the molecule is CCCCCCCCCOCOC1CCC[SiH](CCCS)N(C)CC1. The van der Waals surface area contributed by atoms with Crippen molar-refractivity contribution in [1.82, 2.24) is 4.57 Å². The van der Waals surface area contributed by atoms with Crippen LogP contribution < -0.4 is 0 Å². The lowest BCUT2D eigenvalue weighted by Gasteiger charge is -2.31. The second kappa shape index (κ2) is 16.6. The summed E-state index contributed by atoms with van der Waals surface area (Å²) in [6.45, 7) is 4.82. The molecule has 25 heavy (non-hydrogen) atoms. The Morgan fingerprint density at radius 2 is 1.80 bits per heavy atom. The Morgan fingerprint density at radius 1 is 1.04 bits per heavy atom. The molecule has 1 aliphatic heterocycles. The van der Waals surface area contributed by atoms with Crippen LogP contribution in [0.4, 0.5) is 0 Å². The van der Waals surface area contributed by atoms with Crippen LogP contribution >= 0.6 is 12.6 Å². The highest BCUT2D eigenvalue weighted by atomic mass is 32.1. The maximum absolute atomic E-state index is 6.00. The largest absolute Gasteiger partial charge is 0.355 e. The maximum Gasteiger partial charge on any atom is 0.147 e. The van der Waals surface area contributed by atoms with Gasteiger partial charge >= 0.3 is 0 Å². The van der Waals surface area contributed by atoms with E-state index in [4.69, 9.17) is 9.47 Å². The van der Waals surface area contributed by atoms with Crippen molar-refractivity contribution in [2.24, 2.45) is 0 Å². The molecule has 1 heterocycles. The Morgan fingerprint density at radius 3 is 2.56 bits per heavy atom. The molecule has 0 aliphatic carbocycles. The molecule has 3 nitrogen and oxygen atoms in total. The molecule has 0 N–H and O–H groups in total. The van der Waals surface area contributed by atoms with Crippen LogP contribution in [-0.4, -0.2) is 52.4 Å². The minimum atomic E-state index is -0.699. The zero-order valence-corrected chi connectivity index (χ0v) is 18.9. The molecule has 2 atom stereocenters. The predicted octanol–water partition coefficient (Wildman–Crippen LogP) is 5.26. The lowest BCUT2D eigenvalue weighted by molar-refractivity contribution is -0.0953. The standard InChI is InChI=1S/C20H43NO2SSi/c1-3-4-5-6-7-8-9-15-22-19-23-20-12-10-17-25(18-11-16-24)21(2)14-13-20/h20,24-25H,3-19H2,1-2H3. The Hall–Kier alpha value is 0.447. The first-order valence-corrected chi connectivity index (χ1v) is 13.6. The molecular formula is C20H43NO2SSi. The first-order chi connectivity index (χ1) is 12.3. The molecule has 0 aromatic carbocycles. The van der Waals surface area contributed by atoms with Crippen molar-refractivity contribution >= 4 is 21.6 Å². The van der Waals surface area contributed by atoms with E-state index in [1.165, 1.54) is 89.3 Å². The van der Waals surface area contributed by atoms with Gasteiger partial charge in [-0.15, -0.1) is 0 Å². The van der Waals surface area contributed by atoms with E-state index in [1.54, 1.807) is 0 Å². The quantitative estimate of drug-likeness (QED) is 0.190. The summed E-state index contributed by atoms with van der Waals surface area (Å²) < 4.78 is 14.4. The number of ether oxygens (including phenoxy) is 2. The Labute approximate surface area is 164 Å². The van der Waals surface area contributed by atoms with E-state index in [0.29, 0.717) is 12.9 Å². The molecule has 0 amide bonds. The monoisotopic (exact) mass is 389 g/mol. The maximum atomic E-state index is 6.00. The topological polar surface area (TPSA) is 21.7 Å². The number of hydrogen-bond donors (Lipinski definition) is 1. The van der Waals surface area contributed by atoms with Gasteiger partial charge in [-0.1, -0.05) is 51.9 Å². The third-order valence-corrected chi connectivity index (χ3v) is 9.44. The molecule has 2 unspecified atom stereocenters. The molecule has 0 saturated carbocycles. The predicted molar refractivity (Wildman–Crippen MR) is 115 cm³/mol. The molecule has 1 saturated heterocycles. The van der Waals surface area contributed by atoms with E-state index < -0.39 is 8.96 Å². The highest BCUT2D eigenvalue weighted by Crippen LogP contribution is 2.20. The number of hydrogen-bond acceptors (Lipinski definition) is 4. The van der Waals surface area contributed by atoms with Crippen LogP contribution in [0.15, 0.2) is 0 Å². The summed E-state index contributed by atoms with van der Waals surface area (Å²) in [5, 5.41) is 0. The Balaban J connectivity index is 1.99. The van der Waals surface area contributed by atoms with Gasteiger partial charge in [-0.2, -0.15) is 12.6 Å². The zero-order chi connectivity index (χ0) is 18.2. The summed E-state index contributed by atoms with van der Waals surface area (Å²) >= 11 is 4.37. The van der Waals surface area contributed by atoms with E-state index in [-0.39, 0.29) is 0 Å². The van der Waals surface area contributed by atoms with Gasteiger partial charge in [0.25, 0.3) is 0 Å². The average molecular weight is 390 g/mol. The van der Waals surface area contributed by atoms with Gasteiger partial charge in [0.1, 0.15) is 15.8 Å². The lowest BCUT2D eigenvalue weighted by Crippen LogP contribution is -2.40. The van der Waals surface area contributed by atoms with Crippen molar-refractivity contribution in [1.29, 1.82) is 0 Å². The average Bonchev–Trinajstić information content (AvgIpc) is 2.61. The second-order valence-corrected chi connectivity index (χ2v) is 11.4. The third kappa shape index (κ3) is 12.5. The minimum Gasteiger partial charge on any atom is -0.355 e.